The zero-order valence-electron chi connectivity index (χ0n) is 18.6. The standard InChI is InChI=1S/C22H30N2O9S/c25-12-10-18(22(30)31)24-20(27)16(14-5-1-2-6-14)7-3-4-11-23-34(32,33)15-8-9-19(26)17(13-15)21(28)29/h8-9,12-14,16,18,23,26H,1-7,10-11H2,(H,24,27)(H,28,29)(H,30,31)/t16?,18-/m0/s1. The first-order valence-electron chi connectivity index (χ1n) is 11.1. The summed E-state index contributed by atoms with van der Waals surface area (Å²) in [5.41, 5.74) is -0.525. The molecule has 0 aliphatic heterocycles. The molecule has 0 bridgehead atoms. The second-order valence-electron chi connectivity index (χ2n) is 8.33. The molecule has 1 aromatic rings. The van der Waals surface area contributed by atoms with E-state index in [0.29, 0.717) is 25.5 Å². The summed E-state index contributed by atoms with van der Waals surface area (Å²) in [6.45, 7) is 0.0491. The molecule has 188 valence electrons. The minimum absolute atomic E-state index is 0.0491. The maximum atomic E-state index is 12.8. The first-order valence-corrected chi connectivity index (χ1v) is 12.6. The molecule has 2 atom stereocenters. The van der Waals surface area contributed by atoms with E-state index in [0.717, 1.165) is 43.9 Å². The van der Waals surface area contributed by atoms with Gasteiger partial charge in [-0.25, -0.2) is 22.7 Å². The molecule has 5 N–H and O–H groups in total. The van der Waals surface area contributed by atoms with E-state index in [1.807, 2.05) is 0 Å². The number of benzene rings is 1. The molecule has 12 heteroatoms. The number of aldehydes is 1. The van der Waals surface area contributed by atoms with E-state index >= 15 is 0 Å². The fraction of sp³-hybridized carbons (Fsp3) is 0.545. The van der Waals surface area contributed by atoms with Crippen molar-refractivity contribution in [2.75, 3.05) is 6.54 Å². The predicted octanol–water partition coefficient (Wildman–Crippen LogP) is 1.50. The first kappa shape index (κ1) is 27.3. The Morgan fingerprint density at radius 2 is 1.79 bits per heavy atom. The normalized spacial score (nSPS) is 16.0. The highest BCUT2D eigenvalue weighted by molar-refractivity contribution is 7.89. The van der Waals surface area contributed by atoms with Crippen molar-refractivity contribution >= 4 is 34.2 Å². The van der Waals surface area contributed by atoms with Gasteiger partial charge in [0.2, 0.25) is 15.9 Å². The van der Waals surface area contributed by atoms with Gasteiger partial charge in [0.05, 0.1) is 4.90 Å². The smallest absolute Gasteiger partial charge is 0.339 e. The third kappa shape index (κ3) is 7.52. The summed E-state index contributed by atoms with van der Waals surface area (Å²) in [7, 11) is -4.00. The largest absolute Gasteiger partial charge is 0.507 e. The Kier molecular flexibility index (Phi) is 9.99. The van der Waals surface area contributed by atoms with Crippen LogP contribution in [0.15, 0.2) is 23.1 Å². The molecule has 34 heavy (non-hydrogen) atoms. The second kappa shape index (κ2) is 12.5. The van der Waals surface area contributed by atoms with Gasteiger partial charge in [-0.1, -0.05) is 19.3 Å². The average molecular weight is 499 g/mol. The third-order valence-electron chi connectivity index (χ3n) is 5.99. The van der Waals surface area contributed by atoms with E-state index in [9.17, 15) is 37.8 Å². The average Bonchev–Trinajstić information content (AvgIpc) is 3.30. The summed E-state index contributed by atoms with van der Waals surface area (Å²) in [6, 6.07) is 1.70. The SMILES string of the molecule is O=CC[C@H](NC(=O)C(CCCCNS(=O)(=O)c1ccc(O)c(C(=O)O)c1)C1CCCC1)C(=O)O. The third-order valence-corrected chi connectivity index (χ3v) is 7.45. The molecule has 11 nitrogen and oxygen atoms in total. The van der Waals surface area contributed by atoms with Crippen LogP contribution in [0.2, 0.25) is 0 Å². The Hall–Kier alpha value is -2.99. The number of carboxylic acid groups (broad SMARTS) is 2. The van der Waals surface area contributed by atoms with Crippen LogP contribution < -0.4 is 10.0 Å². The summed E-state index contributed by atoms with van der Waals surface area (Å²) >= 11 is 0. The lowest BCUT2D eigenvalue weighted by Gasteiger charge is -2.24. The number of sulfonamides is 1. The minimum Gasteiger partial charge on any atom is -0.507 e. The molecule has 1 unspecified atom stereocenters. The van der Waals surface area contributed by atoms with Gasteiger partial charge in [0, 0.05) is 18.9 Å². The van der Waals surface area contributed by atoms with Crippen LogP contribution in [-0.4, -0.2) is 60.5 Å². The summed E-state index contributed by atoms with van der Waals surface area (Å²) < 4.78 is 27.3. The van der Waals surface area contributed by atoms with Crippen molar-refractivity contribution in [3.63, 3.8) is 0 Å². The number of aromatic hydroxyl groups is 1. The predicted molar refractivity (Wildman–Crippen MR) is 120 cm³/mol. The number of aliphatic carboxylic acids is 1. The van der Waals surface area contributed by atoms with E-state index in [-0.39, 0.29) is 23.8 Å². The highest BCUT2D eigenvalue weighted by Gasteiger charge is 2.32. The Bertz CT molecular complexity index is 1000. The van der Waals surface area contributed by atoms with Crippen molar-refractivity contribution in [2.45, 2.75) is 62.3 Å². The summed E-state index contributed by atoms with van der Waals surface area (Å²) in [6.07, 6.45) is 5.13. The number of nitrogens with one attached hydrogen (secondary N) is 2. The van der Waals surface area contributed by atoms with Crippen molar-refractivity contribution in [3.05, 3.63) is 23.8 Å². The lowest BCUT2D eigenvalue weighted by Crippen LogP contribution is -2.45. The molecule has 1 aliphatic carbocycles. The van der Waals surface area contributed by atoms with Gasteiger partial charge in [0.15, 0.2) is 0 Å². The number of aromatic carboxylic acids is 1. The Labute approximate surface area is 197 Å². The van der Waals surface area contributed by atoms with Crippen LogP contribution in [0.4, 0.5) is 0 Å². The first-order chi connectivity index (χ1) is 16.1. The van der Waals surface area contributed by atoms with E-state index < -0.39 is 51.1 Å². The maximum Gasteiger partial charge on any atom is 0.339 e. The van der Waals surface area contributed by atoms with Crippen LogP contribution in [0.5, 0.6) is 5.75 Å². The number of amides is 1. The number of unbranched alkanes of at least 4 members (excludes halogenated alkanes) is 1. The Morgan fingerprint density at radius 1 is 1.12 bits per heavy atom. The van der Waals surface area contributed by atoms with Crippen molar-refractivity contribution in [2.24, 2.45) is 11.8 Å². The van der Waals surface area contributed by atoms with E-state index in [2.05, 4.69) is 10.0 Å². The molecule has 1 saturated carbocycles. The second-order valence-corrected chi connectivity index (χ2v) is 10.1. The molecule has 0 heterocycles. The highest BCUT2D eigenvalue weighted by Crippen LogP contribution is 2.34. The van der Waals surface area contributed by atoms with Gasteiger partial charge in [-0.3, -0.25) is 4.79 Å². The highest BCUT2D eigenvalue weighted by atomic mass is 32.2. The van der Waals surface area contributed by atoms with Crippen LogP contribution in [0.25, 0.3) is 0 Å². The van der Waals surface area contributed by atoms with Gasteiger partial charge in [-0.2, -0.15) is 0 Å². The molecule has 1 aromatic carbocycles. The van der Waals surface area contributed by atoms with Crippen molar-refractivity contribution < 1.29 is 42.9 Å². The van der Waals surface area contributed by atoms with Crippen molar-refractivity contribution in [3.8, 4) is 5.75 Å². The van der Waals surface area contributed by atoms with Gasteiger partial charge in [0.1, 0.15) is 23.6 Å². The van der Waals surface area contributed by atoms with E-state index in [1.54, 1.807) is 0 Å². The number of hydrogen-bond acceptors (Lipinski definition) is 7. The van der Waals surface area contributed by atoms with E-state index in [1.165, 1.54) is 0 Å². The van der Waals surface area contributed by atoms with Crippen LogP contribution in [0.3, 0.4) is 0 Å². The topological polar surface area (TPSA) is 187 Å². The molecule has 1 amide bonds. The molecule has 1 aliphatic rings. The van der Waals surface area contributed by atoms with E-state index in [4.69, 9.17) is 5.11 Å². The van der Waals surface area contributed by atoms with Crippen molar-refractivity contribution in [1.82, 2.24) is 10.0 Å². The molecular formula is C22H30N2O9S. The zero-order chi connectivity index (χ0) is 25.3. The lowest BCUT2D eigenvalue weighted by atomic mass is 9.85. The van der Waals surface area contributed by atoms with Crippen LogP contribution in [-0.2, 0) is 24.4 Å². The molecule has 0 aromatic heterocycles. The molecule has 0 spiro atoms. The number of rotatable bonds is 14. The number of carbonyl (C=O) groups is 4. The van der Waals surface area contributed by atoms with Crippen LogP contribution in [0, 0.1) is 11.8 Å². The molecule has 0 radical (unpaired) electrons. The van der Waals surface area contributed by atoms with Gasteiger partial charge in [-0.05, 0) is 49.8 Å². The van der Waals surface area contributed by atoms with Gasteiger partial charge < -0.3 is 25.4 Å². The Morgan fingerprint density at radius 3 is 2.38 bits per heavy atom. The number of phenols is 1. The lowest BCUT2D eigenvalue weighted by molar-refractivity contribution is -0.143. The maximum absolute atomic E-state index is 12.8. The van der Waals surface area contributed by atoms with Crippen LogP contribution >= 0.6 is 0 Å². The number of carboxylic acids is 2. The summed E-state index contributed by atoms with van der Waals surface area (Å²) in [5.74, 6) is -4.01. The summed E-state index contributed by atoms with van der Waals surface area (Å²) in [5, 5.41) is 30.2. The molecular weight excluding hydrogens is 468 g/mol. The summed E-state index contributed by atoms with van der Waals surface area (Å²) in [4.78, 5) is 45.6. The van der Waals surface area contributed by atoms with Crippen LogP contribution in [0.1, 0.15) is 61.7 Å². The van der Waals surface area contributed by atoms with Crippen molar-refractivity contribution in [1.29, 1.82) is 0 Å². The molecule has 0 saturated heterocycles. The fourth-order valence-corrected chi connectivity index (χ4v) is 5.27. The van der Waals surface area contributed by atoms with Gasteiger partial charge in [-0.15, -0.1) is 0 Å². The fourth-order valence-electron chi connectivity index (χ4n) is 4.17. The molecule has 1 fully saturated rings. The minimum atomic E-state index is -4.00. The quantitative estimate of drug-likeness (QED) is 0.187. The van der Waals surface area contributed by atoms with Gasteiger partial charge >= 0.3 is 11.9 Å². The Balaban J connectivity index is 1.93. The monoisotopic (exact) mass is 498 g/mol. The zero-order valence-corrected chi connectivity index (χ0v) is 19.4. The number of hydrogen-bond donors (Lipinski definition) is 5. The number of carbonyl (C=O) groups excluding carboxylic acids is 2. The van der Waals surface area contributed by atoms with Gasteiger partial charge in [0.25, 0.3) is 0 Å². The molecule has 2 rings (SSSR count).